The van der Waals surface area contributed by atoms with Gasteiger partial charge >= 0.3 is 0 Å². The van der Waals surface area contributed by atoms with Gasteiger partial charge < -0.3 is 15.4 Å². The van der Waals surface area contributed by atoms with E-state index in [1.807, 2.05) is 0 Å². The second-order valence-corrected chi connectivity index (χ2v) is 6.72. The van der Waals surface area contributed by atoms with Crippen LogP contribution in [-0.4, -0.2) is 25.0 Å². The highest BCUT2D eigenvalue weighted by Crippen LogP contribution is 2.16. The summed E-state index contributed by atoms with van der Waals surface area (Å²) in [4.78, 5) is 24.6. The molecule has 0 aliphatic rings. The molecule has 2 N–H and O–H groups in total. The van der Waals surface area contributed by atoms with E-state index in [-0.39, 0.29) is 11.8 Å². The van der Waals surface area contributed by atoms with Crippen molar-refractivity contribution in [2.45, 2.75) is 46.0 Å². The molecule has 0 spiro atoms. The molecule has 2 aromatic rings. The van der Waals surface area contributed by atoms with Gasteiger partial charge in [0.05, 0.1) is 6.61 Å². The lowest BCUT2D eigenvalue weighted by atomic mass is 10.1. The van der Waals surface area contributed by atoms with E-state index in [1.165, 1.54) is 0 Å². The Balaban J connectivity index is 1.91. The monoisotopic (exact) mass is 382 g/mol. The number of unbranched alkanes of at least 4 members (excludes halogenated alkanes) is 3. The highest BCUT2D eigenvalue weighted by molar-refractivity contribution is 6.05. The number of benzene rings is 2. The first-order chi connectivity index (χ1) is 13.6. The smallest absolute Gasteiger partial charge is 0.255 e. The van der Waals surface area contributed by atoms with E-state index in [9.17, 15) is 9.59 Å². The summed E-state index contributed by atoms with van der Waals surface area (Å²) in [6.45, 7) is 5.57. The number of carbonyl (C=O) groups is 2. The molecular weight excluding hydrogens is 352 g/mol. The Labute approximate surface area is 167 Å². The van der Waals surface area contributed by atoms with Crippen molar-refractivity contribution < 1.29 is 14.3 Å². The van der Waals surface area contributed by atoms with Crippen molar-refractivity contribution in [1.82, 2.24) is 5.32 Å². The lowest BCUT2D eigenvalue weighted by Crippen LogP contribution is -2.24. The Morgan fingerprint density at radius 2 is 1.61 bits per heavy atom. The molecule has 28 heavy (non-hydrogen) atoms. The van der Waals surface area contributed by atoms with Crippen LogP contribution in [0, 0.1) is 0 Å². The summed E-state index contributed by atoms with van der Waals surface area (Å²) < 4.78 is 5.67. The summed E-state index contributed by atoms with van der Waals surface area (Å²) >= 11 is 0. The first-order valence-electron chi connectivity index (χ1n) is 10.1. The fraction of sp³-hybridized carbons (Fsp3) is 0.391. The Kier molecular flexibility index (Phi) is 9.05. The first-order valence-corrected chi connectivity index (χ1v) is 10.1. The third-order valence-corrected chi connectivity index (χ3v) is 4.33. The summed E-state index contributed by atoms with van der Waals surface area (Å²) in [6.07, 6.45) is 5.31. The molecule has 5 heteroatoms. The van der Waals surface area contributed by atoms with Crippen LogP contribution in [0.1, 0.15) is 66.7 Å². The van der Waals surface area contributed by atoms with Crippen LogP contribution in [0.25, 0.3) is 0 Å². The zero-order valence-electron chi connectivity index (χ0n) is 16.8. The van der Waals surface area contributed by atoms with Crippen LogP contribution in [0.4, 0.5) is 5.69 Å². The van der Waals surface area contributed by atoms with Gasteiger partial charge in [0, 0.05) is 23.4 Å². The number of ether oxygens (including phenoxy) is 1. The van der Waals surface area contributed by atoms with Crippen molar-refractivity contribution in [2.75, 3.05) is 18.5 Å². The van der Waals surface area contributed by atoms with E-state index < -0.39 is 0 Å². The van der Waals surface area contributed by atoms with E-state index in [0.717, 1.165) is 37.9 Å². The van der Waals surface area contributed by atoms with Gasteiger partial charge in [0.1, 0.15) is 5.75 Å². The van der Waals surface area contributed by atoms with Gasteiger partial charge in [-0.2, -0.15) is 0 Å². The fourth-order valence-corrected chi connectivity index (χ4v) is 2.67. The maximum Gasteiger partial charge on any atom is 0.255 e. The van der Waals surface area contributed by atoms with Gasteiger partial charge in [0.25, 0.3) is 11.8 Å². The minimum Gasteiger partial charge on any atom is -0.494 e. The van der Waals surface area contributed by atoms with E-state index in [1.54, 1.807) is 48.5 Å². The quantitative estimate of drug-likeness (QED) is 0.535. The van der Waals surface area contributed by atoms with Crippen molar-refractivity contribution >= 4 is 17.5 Å². The normalized spacial score (nSPS) is 10.4. The van der Waals surface area contributed by atoms with E-state index in [4.69, 9.17) is 4.74 Å². The van der Waals surface area contributed by atoms with E-state index in [0.29, 0.717) is 30.0 Å². The number of rotatable bonds is 11. The molecule has 2 amide bonds. The SMILES string of the molecule is CCCCCOc1ccc(C(=O)Nc2cccc(C(=O)NCCCC)c2)cc1. The number of anilines is 1. The average molecular weight is 383 g/mol. The molecular formula is C23H30N2O3. The van der Waals surface area contributed by atoms with Crippen molar-refractivity contribution in [3.8, 4) is 5.75 Å². The van der Waals surface area contributed by atoms with E-state index >= 15 is 0 Å². The van der Waals surface area contributed by atoms with Crippen molar-refractivity contribution in [2.24, 2.45) is 0 Å². The predicted octanol–water partition coefficient (Wildman–Crippen LogP) is 5.04. The summed E-state index contributed by atoms with van der Waals surface area (Å²) in [5.74, 6) is 0.411. The summed E-state index contributed by atoms with van der Waals surface area (Å²) in [7, 11) is 0. The molecule has 0 aliphatic heterocycles. The zero-order valence-corrected chi connectivity index (χ0v) is 16.8. The highest BCUT2D eigenvalue weighted by atomic mass is 16.5. The average Bonchev–Trinajstić information content (AvgIpc) is 2.72. The Morgan fingerprint density at radius 3 is 2.32 bits per heavy atom. The van der Waals surface area contributed by atoms with Gasteiger partial charge in [-0.1, -0.05) is 39.2 Å². The Morgan fingerprint density at radius 1 is 0.857 bits per heavy atom. The van der Waals surface area contributed by atoms with Gasteiger partial charge in [-0.25, -0.2) is 0 Å². The molecule has 2 aromatic carbocycles. The molecule has 0 atom stereocenters. The second kappa shape index (κ2) is 11.8. The largest absolute Gasteiger partial charge is 0.494 e. The lowest BCUT2D eigenvalue weighted by molar-refractivity contribution is 0.0951. The number of hydrogen-bond acceptors (Lipinski definition) is 3. The molecule has 0 heterocycles. The second-order valence-electron chi connectivity index (χ2n) is 6.72. The first kappa shape index (κ1) is 21.5. The van der Waals surface area contributed by atoms with Gasteiger partial charge in [-0.3, -0.25) is 9.59 Å². The predicted molar refractivity (Wildman–Crippen MR) is 113 cm³/mol. The molecule has 0 unspecified atom stereocenters. The molecule has 0 bridgehead atoms. The minimum atomic E-state index is -0.221. The molecule has 0 saturated carbocycles. The zero-order chi connectivity index (χ0) is 20.2. The molecule has 5 nitrogen and oxygen atoms in total. The number of amides is 2. The van der Waals surface area contributed by atoms with Crippen molar-refractivity contribution in [3.05, 3.63) is 59.7 Å². The number of hydrogen-bond donors (Lipinski definition) is 2. The van der Waals surface area contributed by atoms with Crippen LogP contribution in [0.15, 0.2) is 48.5 Å². The molecule has 0 fully saturated rings. The summed E-state index contributed by atoms with van der Waals surface area (Å²) in [5.41, 5.74) is 1.66. The Bertz CT molecular complexity index is 757. The Hall–Kier alpha value is -2.82. The summed E-state index contributed by atoms with van der Waals surface area (Å²) in [6, 6.07) is 14.0. The van der Waals surface area contributed by atoms with Crippen LogP contribution in [-0.2, 0) is 0 Å². The van der Waals surface area contributed by atoms with Gasteiger partial charge in [-0.15, -0.1) is 0 Å². The van der Waals surface area contributed by atoms with Crippen LogP contribution in [0.3, 0.4) is 0 Å². The fourth-order valence-electron chi connectivity index (χ4n) is 2.67. The highest BCUT2D eigenvalue weighted by Gasteiger charge is 2.09. The number of carbonyl (C=O) groups excluding carboxylic acids is 2. The number of nitrogens with one attached hydrogen (secondary N) is 2. The molecule has 0 aromatic heterocycles. The summed E-state index contributed by atoms with van der Waals surface area (Å²) in [5, 5.41) is 5.72. The van der Waals surface area contributed by atoms with Crippen molar-refractivity contribution in [1.29, 1.82) is 0 Å². The molecule has 0 saturated heterocycles. The standard InChI is InChI=1S/C23H30N2O3/c1-3-5-7-16-28-21-13-11-18(12-14-21)23(27)25-20-10-8-9-19(17-20)22(26)24-15-6-4-2/h8-14,17H,3-7,15-16H2,1-2H3,(H,24,26)(H,25,27). The van der Waals surface area contributed by atoms with Crippen LogP contribution < -0.4 is 15.4 Å². The van der Waals surface area contributed by atoms with Crippen LogP contribution in [0.2, 0.25) is 0 Å². The third-order valence-electron chi connectivity index (χ3n) is 4.33. The van der Waals surface area contributed by atoms with E-state index in [2.05, 4.69) is 24.5 Å². The molecule has 0 radical (unpaired) electrons. The molecule has 0 aliphatic carbocycles. The molecule has 2 rings (SSSR count). The maximum atomic E-state index is 12.5. The lowest BCUT2D eigenvalue weighted by Gasteiger charge is -2.09. The minimum absolute atomic E-state index is 0.130. The maximum absolute atomic E-state index is 12.5. The van der Waals surface area contributed by atoms with Crippen LogP contribution >= 0.6 is 0 Å². The van der Waals surface area contributed by atoms with Gasteiger partial charge in [0.2, 0.25) is 0 Å². The topological polar surface area (TPSA) is 67.4 Å². The van der Waals surface area contributed by atoms with Crippen molar-refractivity contribution in [3.63, 3.8) is 0 Å². The van der Waals surface area contributed by atoms with Gasteiger partial charge in [0.15, 0.2) is 0 Å². The van der Waals surface area contributed by atoms with Gasteiger partial charge in [-0.05, 0) is 55.3 Å². The molecule has 150 valence electrons. The third kappa shape index (κ3) is 7.06. The van der Waals surface area contributed by atoms with Crippen LogP contribution in [0.5, 0.6) is 5.75 Å².